The Morgan fingerprint density at radius 2 is 1.83 bits per heavy atom. The molecule has 3 aliphatic rings. The molecule has 0 amide bonds. The van der Waals surface area contributed by atoms with Crippen molar-refractivity contribution in [2.24, 2.45) is 11.8 Å². The summed E-state index contributed by atoms with van der Waals surface area (Å²) < 4.78 is 12.6. The fraction of sp³-hybridized carbons (Fsp3) is 0.417. The molecule has 1 fully saturated rings. The van der Waals surface area contributed by atoms with Crippen LogP contribution in [0.25, 0.3) is 0 Å². The number of nitro benzene ring substituents is 1. The van der Waals surface area contributed by atoms with Crippen molar-refractivity contribution in [1.29, 1.82) is 0 Å². The van der Waals surface area contributed by atoms with Crippen LogP contribution in [0.2, 0.25) is 0 Å². The lowest BCUT2D eigenvalue weighted by Gasteiger charge is -2.35. The van der Waals surface area contributed by atoms with Crippen LogP contribution in [-0.2, 0) is 0 Å². The van der Waals surface area contributed by atoms with Gasteiger partial charge in [0, 0.05) is 35.4 Å². The monoisotopic (exact) mass is 391 g/mol. The molecule has 1 aliphatic heterocycles. The van der Waals surface area contributed by atoms with Gasteiger partial charge in [-0.05, 0) is 51.8 Å². The predicted molar refractivity (Wildman–Crippen MR) is 110 cm³/mol. The van der Waals surface area contributed by atoms with E-state index in [1.54, 1.807) is 12.1 Å². The van der Waals surface area contributed by atoms with Crippen LogP contribution in [0, 0.1) is 22.0 Å². The van der Waals surface area contributed by atoms with Gasteiger partial charge < -0.3 is 9.47 Å². The Hall–Kier alpha value is -2.82. The van der Waals surface area contributed by atoms with Crippen molar-refractivity contribution in [2.75, 3.05) is 0 Å². The lowest BCUT2D eigenvalue weighted by atomic mass is 9.81. The second kappa shape index (κ2) is 6.34. The number of non-ortho nitro benzene ring substituents is 1. The summed E-state index contributed by atoms with van der Waals surface area (Å²) in [6.07, 6.45) is 2.41. The molecule has 4 atom stereocenters. The number of rotatable bonds is 5. The molecule has 1 saturated carbocycles. The molecule has 0 unspecified atom stereocenters. The third-order valence-corrected chi connectivity index (χ3v) is 6.80. The van der Waals surface area contributed by atoms with E-state index in [0.29, 0.717) is 23.5 Å². The largest absolute Gasteiger partial charge is 0.489 e. The fourth-order valence-electron chi connectivity index (χ4n) is 5.39. The zero-order chi connectivity index (χ0) is 20.3. The summed E-state index contributed by atoms with van der Waals surface area (Å²) in [6, 6.07) is 14.8. The summed E-state index contributed by atoms with van der Waals surface area (Å²) in [6.45, 7) is 6.51. The molecular weight excluding hydrogens is 366 g/mol. The Morgan fingerprint density at radius 1 is 1.10 bits per heavy atom. The van der Waals surface area contributed by atoms with Crippen LogP contribution in [0.5, 0.6) is 11.5 Å². The second-order valence-corrected chi connectivity index (χ2v) is 8.96. The topological polar surface area (TPSA) is 61.6 Å². The number of hydrogen-bond donors (Lipinski definition) is 0. The van der Waals surface area contributed by atoms with Crippen LogP contribution in [0.15, 0.2) is 59.7 Å². The molecule has 1 heterocycles. The molecule has 2 aliphatic carbocycles. The van der Waals surface area contributed by atoms with E-state index in [0.717, 1.165) is 18.6 Å². The van der Waals surface area contributed by atoms with Crippen LogP contribution in [-0.4, -0.2) is 16.6 Å². The second-order valence-electron chi connectivity index (χ2n) is 8.96. The smallest absolute Gasteiger partial charge is 0.269 e. The van der Waals surface area contributed by atoms with E-state index >= 15 is 0 Å². The van der Waals surface area contributed by atoms with Gasteiger partial charge in [-0.25, -0.2) is 0 Å². The Kier molecular flexibility index (Phi) is 3.99. The maximum Gasteiger partial charge on any atom is 0.269 e. The Morgan fingerprint density at radius 3 is 2.55 bits per heavy atom. The molecule has 0 aromatic heterocycles. The highest BCUT2D eigenvalue weighted by molar-refractivity contribution is 5.52. The van der Waals surface area contributed by atoms with Gasteiger partial charge in [0.25, 0.3) is 5.69 Å². The predicted octanol–water partition coefficient (Wildman–Crippen LogP) is 5.65. The number of para-hydroxylation sites is 1. The summed E-state index contributed by atoms with van der Waals surface area (Å²) in [5.41, 5.74) is 3.98. The molecule has 0 spiro atoms. The zero-order valence-electron chi connectivity index (χ0n) is 16.9. The summed E-state index contributed by atoms with van der Waals surface area (Å²) >= 11 is 0. The van der Waals surface area contributed by atoms with Crippen LogP contribution in [0.3, 0.4) is 0 Å². The lowest BCUT2D eigenvalue weighted by molar-refractivity contribution is -0.384. The van der Waals surface area contributed by atoms with Gasteiger partial charge in [0.15, 0.2) is 0 Å². The van der Waals surface area contributed by atoms with Gasteiger partial charge in [0.05, 0.1) is 4.92 Å². The highest BCUT2D eigenvalue weighted by Crippen LogP contribution is 2.64. The van der Waals surface area contributed by atoms with Crippen molar-refractivity contribution in [3.05, 3.63) is 75.4 Å². The molecule has 2 aromatic carbocycles. The minimum atomic E-state index is -0.403. The van der Waals surface area contributed by atoms with Crippen LogP contribution >= 0.6 is 0 Å². The lowest BCUT2D eigenvalue weighted by Crippen LogP contribution is -2.38. The highest BCUT2D eigenvalue weighted by atomic mass is 16.6. The number of allylic oxidation sites excluding steroid dienone is 1. The maximum absolute atomic E-state index is 10.9. The third-order valence-electron chi connectivity index (χ3n) is 6.80. The number of benzene rings is 2. The van der Waals surface area contributed by atoms with Crippen LogP contribution in [0.4, 0.5) is 5.69 Å². The molecule has 29 heavy (non-hydrogen) atoms. The average Bonchev–Trinajstić information content (AvgIpc) is 3.04. The third kappa shape index (κ3) is 2.91. The van der Waals surface area contributed by atoms with Crippen molar-refractivity contribution in [3.63, 3.8) is 0 Å². The minimum absolute atomic E-state index is 0.0778. The first kappa shape index (κ1) is 18.2. The van der Waals surface area contributed by atoms with Gasteiger partial charge in [-0.1, -0.05) is 29.3 Å². The molecule has 0 bridgehead atoms. The SMILES string of the molecule is CC1=C([C@H]2[C@H]3Oc4ccccc4[C@H]32)[C@@H](C(C)(C)Oc2ccc([N+](=O)[O-])cc2)CC1. The van der Waals surface area contributed by atoms with E-state index in [2.05, 4.69) is 39.0 Å². The van der Waals surface area contributed by atoms with E-state index < -0.39 is 5.60 Å². The molecular formula is C24H25NO4. The van der Waals surface area contributed by atoms with Crippen molar-refractivity contribution in [1.82, 2.24) is 0 Å². The van der Waals surface area contributed by atoms with Gasteiger partial charge in [0.1, 0.15) is 23.2 Å². The molecule has 0 radical (unpaired) electrons. The van der Waals surface area contributed by atoms with Crippen molar-refractivity contribution in [3.8, 4) is 11.5 Å². The summed E-state index contributed by atoms with van der Waals surface area (Å²) in [5, 5.41) is 10.9. The molecule has 2 aromatic rings. The molecule has 0 saturated heterocycles. The Balaban J connectivity index is 1.37. The van der Waals surface area contributed by atoms with E-state index in [1.165, 1.54) is 28.8 Å². The van der Waals surface area contributed by atoms with E-state index in [1.807, 2.05) is 6.07 Å². The van der Waals surface area contributed by atoms with Crippen molar-refractivity contribution >= 4 is 5.69 Å². The first-order valence-corrected chi connectivity index (χ1v) is 10.3. The first-order chi connectivity index (χ1) is 13.9. The average molecular weight is 391 g/mol. The molecule has 150 valence electrons. The molecule has 5 nitrogen and oxygen atoms in total. The number of nitro groups is 1. The van der Waals surface area contributed by atoms with Gasteiger partial charge >= 0.3 is 0 Å². The number of fused-ring (bicyclic) bond motifs is 3. The normalized spacial score (nSPS) is 27.3. The summed E-state index contributed by atoms with van der Waals surface area (Å²) in [4.78, 5) is 10.5. The van der Waals surface area contributed by atoms with E-state index in [4.69, 9.17) is 9.47 Å². The van der Waals surface area contributed by atoms with Gasteiger partial charge in [-0.15, -0.1) is 0 Å². The van der Waals surface area contributed by atoms with E-state index in [-0.39, 0.29) is 16.7 Å². The summed E-state index contributed by atoms with van der Waals surface area (Å²) in [5.74, 6) is 2.92. The minimum Gasteiger partial charge on any atom is -0.489 e. The van der Waals surface area contributed by atoms with Crippen molar-refractivity contribution < 1.29 is 14.4 Å². The number of hydrogen-bond acceptors (Lipinski definition) is 4. The van der Waals surface area contributed by atoms with Gasteiger partial charge in [-0.3, -0.25) is 10.1 Å². The van der Waals surface area contributed by atoms with E-state index in [9.17, 15) is 10.1 Å². The Bertz CT molecular complexity index is 1010. The molecule has 5 rings (SSSR count). The van der Waals surface area contributed by atoms with Gasteiger partial charge in [-0.2, -0.15) is 0 Å². The molecule has 5 heteroatoms. The zero-order valence-corrected chi connectivity index (χ0v) is 16.9. The quantitative estimate of drug-likeness (QED) is 0.375. The number of ether oxygens (including phenoxy) is 2. The Labute approximate surface area is 170 Å². The summed E-state index contributed by atoms with van der Waals surface area (Å²) in [7, 11) is 0. The van der Waals surface area contributed by atoms with Gasteiger partial charge in [0.2, 0.25) is 0 Å². The molecule has 0 N–H and O–H groups in total. The highest BCUT2D eigenvalue weighted by Gasteiger charge is 2.62. The maximum atomic E-state index is 10.9. The standard InChI is InChI=1S/C24H25NO4/c1-14-8-13-18(24(2,3)29-16-11-9-15(10-12-16)25(26)27)20(14)22-21-17-6-4-5-7-19(17)28-23(21)22/h4-7,9-12,18,21-23H,8,13H2,1-3H3/t18-,21-,22+,23-/m0/s1. The first-order valence-electron chi connectivity index (χ1n) is 10.3. The fourth-order valence-corrected chi connectivity index (χ4v) is 5.39. The number of nitrogens with zero attached hydrogens (tertiary/aromatic N) is 1. The van der Waals surface area contributed by atoms with Crippen molar-refractivity contribution in [2.45, 2.75) is 51.2 Å². The van der Waals surface area contributed by atoms with Crippen LogP contribution < -0.4 is 9.47 Å². The van der Waals surface area contributed by atoms with Crippen LogP contribution in [0.1, 0.15) is 45.1 Å².